The molecule has 18 heavy (non-hydrogen) atoms. The smallest absolute Gasteiger partial charge is 0.323 e. The van der Waals surface area contributed by atoms with Crippen molar-refractivity contribution < 1.29 is 4.79 Å². The molecule has 1 heterocycles. The summed E-state index contributed by atoms with van der Waals surface area (Å²) < 4.78 is 0. The molecule has 5 nitrogen and oxygen atoms in total. The van der Waals surface area contributed by atoms with E-state index in [-0.39, 0.29) is 11.6 Å². The van der Waals surface area contributed by atoms with Gasteiger partial charge in [0.15, 0.2) is 0 Å². The van der Waals surface area contributed by atoms with E-state index < -0.39 is 0 Å². The maximum atomic E-state index is 11.9. The Kier molecular flexibility index (Phi) is 3.50. The first-order chi connectivity index (χ1) is 8.56. The van der Waals surface area contributed by atoms with Gasteiger partial charge in [-0.1, -0.05) is 13.8 Å². The van der Waals surface area contributed by atoms with Crippen molar-refractivity contribution in [1.29, 1.82) is 0 Å². The molecule has 1 amide bonds. The third kappa shape index (κ3) is 2.80. The molecular weight excluding hydrogens is 230 g/mol. The van der Waals surface area contributed by atoms with Crippen LogP contribution in [0.4, 0.5) is 0 Å². The molecule has 3 N–H and O–H groups in total. The molecule has 0 aliphatic carbocycles. The van der Waals surface area contributed by atoms with E-state index in [1.165, 1.54) is 0 Å². The van der Waals surface area contributed by atoms with Crippen molar-refractivity contribution >= 4 is 16.9 Å². The number of benzene rings is 1. The Labute approximate surface area is 105 Å². The van der Waals surface area contributed by atoms with Gasteiger partial charge in [-0.15, -0.1) is 0 Å². The first-order valence-corrected chi connectivity index (χ1v) is 6.06. The standard InChI is InChI=1S/C13H17N3O2/c1-8(2)5-6-14-12(17)9-3-4-10-11(7-9)16-13(18)15-10/h3-4,7-8H,5-6H2,1-2H3,(H,14,17)(H2,15,16,18). The number of fused-ring (bicyclic) bond motifs is 1. The zero-order valence-corrected chi connectivity index (χ0v) is 10.5. The van der Waals surface area contributed by atoms with Gasteiger partial charge in [-0.25, -0.2) is 4.79 Å². The highest BCUT2D eigenvalue weighted by molar-refractivity contribution is 5.97. The minimum atomic E-state index is -0.262. The lowest BCUT2D eigenvalue weighted by Gasteiger charge is -2.07. The second kappa shape index (κ2) is 5.08. The van der Waals surface area contributed by atoms with Crippen LogP contribution in [0, 0.1) is 5.92 Å². The zero-order chi connectivity index (χ0) is 13.1. The van der Waals surface area contributed by atoms with Crippen LogP contribution in [0.3, 0.4) is 0 Å². The molecule has 0 spiro atoms. The summed E-state index contributed by atoms with van der Waals surface area (Å²) in [5.74, 6) is 0.452. The molecule has 96 valence electrons. The Morgan fingerprint density at radius 3 is 2.72 bits per heavy atom. The van der Waals surface area contributed by atoms with E-state index >= 15 is 0 Å². The fourth-order valence-electron chi connectivity index (χ4n) is 1.75. The van der Waals surface area contributed by atoms with E-state index in [4.69, 9.17) is 0 Å². The lowest BCUT2D eigenvalue weighted by molar-refractivity contribution is 0.0952. The van der Waals surface area contributed by atoms with Crippen LogP contribution < -0.4 is 11.0 Å². The van der Waals surface area contributed by atoms with Crippen molar-refractivity contribution in [3.63, 3.8) is 0 Å². The maximum Gasteiger partial charge on any atom is 0.323 e. The fourth-order valence-corrected chi connectivity index (χ4v) is 1.75. The first-order valence-electron chi connectivity index (χ1n) is 6.06. The number of H-pyrrole nitrogens is 2. The number of nitrogens with one attached hydrogen (secondary N) is 3. The number of hydrogen-bond donors (Lipinski definition) is 3. The summed E-state index contributed by atoms with van der Waals surface area (Å²) in [6.45, 7) is 4.89. The molecule has 1 aromatic carbocycles. The minimum absolute atomic E-state index is 0.111. The van der Waals surface area contributed by atoms with Crippen molar-refractivity contribution in [3.05, 3.63) is 34.2 Å². The molecule has 2 aromatic rings. The van der Waals surface area contributed by atoms with Crippen LogP contribution in [-0.4, -0.2) is 22.4 Å². The van der Waals surface area contributed by atoms with E-state index in [0.717, 1.165) is 6.42 Å². The monoisotopic (exact) mass is 247 g/mol. The van der Waals surface area contributed by atoms with E-state index in [0.29, 0.717) is 29.1 Å². The lowest BCUT2D eigenvalue weighted by atomic mass is 10.1. The van der Waals surface area contributed by atoms with Crippen molar-refractivity contribution in [1.82, 2.24) is 15.3 Å². The van der Waals surface area contributed by atoms with Gasteiger partial charge in [0.05, 0.1) is 11.0 Å². The number of aromatic amines is 2. The molecule has 0 radical (unpaired) electrons. The van der Waals surface area contributed by atoms with Crippen molar-refractivity contribution in [2.45, 2.75) is 20.3 Å². The van der Waals surface area contributed by atoms with Gasteiger partial charge in [0.2, 0.25) is 0 Å². The number of carbonyl (C=O) groups excluding carboxylic acids is 1. The van der Waals surface area contributed by atoms with E-state index in [9.17, 15) is 9.59 Å². The molecular formula is C13H17N3O2. The predicted molar refractivity (Wildman–Crippen MR) is 70.7 cm³/mol. The Morgan fingerprint density at radius 1 is 1.28 bits per heavy atom. The summed E-state index contributed by atoms with van der Waals surface area (Å²) >= 11 is 0. The number of aromatic nitrogens is 2. The molecule has 0 atom stereocenters. The van der Waals surface area contributed by atoms with Crippen molar-refractivity contribution in [2.24, 2.45) is 5.92 Å². The minimum Gasteiger partial charge on any atom is -0.352 e. The van der Waals surface area contributed by atoms with Crippen LogP contribution in [0.2, 0.25) is 0 Å². The molecule has 0 saturated heterocycles. The second-order valence-electron chi connectivity index (χ2n) is 4.78. The predicted octanol–water partition coefficient (Wildman–Crippen LogP) is 1.63. The third-order valence-electron chi connectivity index (χ3n) is 2.79. The summed E-state index contributed by atoms with van der Waals surface area (Å²) in [5, 5.41) is 2.86. The Morgan fingerprint density at radius 2 is 2.00 bits per heavy atom. The van der Waals surface area contributed by atoms with Crippen LogP contribution in [0.1, 0.15) is 30.6 Å². The van der Waals surface area contributed by atoms with Gasteiger partial charge in [0.1, 0.15) is 0 Å². The van der Waals surface area contributed by atoms with Crippen LogP contribution in [0.15, 0.2) is 23.0 Å². The van der Waals surface area contributed by atoms with Crippen molar-refractivity contribution in [3.8, 4) is 0 Å². The zero-order valence-electron chi connectivity index (χ0n) is 10.5. The van der Waals surface area contributed by atoms with Gasteiger partial charge >= 0.3 is 5.69 Å². The first kappa shape index (κ1) is 12.4. The maximum absolute atomic E-state index is 11.9. The van der Waals surface area contributed by atoms with Crippen molar-refractivity contribution in [2.75, 3.05) is 6.54 Å². The highest BCUT2D eigenvalue weighted by atomic mass is 16.2. The van der Waals surface area contributed by atoms with Gasteiger partial charge in [0, 0.05) is 12.1 Å². The molecule has 0 unspecified atom stereocenters. The molecule has 2 rings (SSSR count). The molecule has 0 bridgehead atoms. The topological polar surface area (TPSA) is 77.8 Å². The van der Waals surface area contributed by atoms with Gasteiger partial charge in [-0.05, 0) is 30.5 Å². The summed E-state index contributed by atoms with van der Waals surface area (Å²) in [4.78, 5) is 28.2. The highest BCUT2D eigenvalue weighted by Gasteiger charge is 2.07. The summed E-state index contributed by atoms with van der Waals surface area (Å²) in [6.07, 6.45) is 0.953. The van der Waals surface area contributed by atoms with E-state index in [1.54, 1.807) is 18.2 Å². The third-order valence-corrected chi connectivity index (χ3v) is 2.79. The second-order valence-corrected chi connectivity index (χ2v) is 4.78. The lowest BCUT2D eigenvalue weighted by Crippen LogP contribution is -2.25. The number of hydrogen-bond acceptors (Lipinski definition) is 2. The van der Waals surface area contributed by atoms with Crippen LogP contribution in [0.5, 0.6) is 0 Å². The molecule has 5 heteroatoms. The van der Waals surface area contributed by atoms with Gasteiger partial charge in [-0.2, -0.15) is 0 Å². The molecule has 1 aromatic heterocycles. The normalized spacial score (nSPS) is 11.1. The fraction of sp³-hybridized carbons (Fsp3) is 0.385. The van der Waals surface area contributed by atoms with Gasteiger partial charge in [-0.3, -0.25) is 4.79 Å². The summed E-state index contributed by atoms with van der Waals surface area (Å²) in [6, 6.07) is 5.11. The number of imidazole rings is 1. The summed E-state index contributed by atoms with van der Waals surface area (Å²) in [7, 11) is 0. The number of rotatable bonds is 4. The van der Waals surface area contributed by atoms with E-state index in [2.05, 4.69) is 29.1 Å². The van der Waals surface area contributed by atoms with Gasteiger partial charge in [0.25, 0.3) is 5.91 Å². The van der Waals surface area contributed by atoms with Gasteiger partial charge < -0.3 is 15.3 Å². The number of amides is 1. The van der Waals surface area contributed by atoms with Crippen LogP contribution in [0.25, 0.3) is 11.0 Å². The van der Waals surface area contributed by atoms with E-state index in [1.807, 2.05) is 0 Å². The Bertz CT molecular complexity index is 610. The average molecular weight is 247 g/mol. The van der Waals surface area contributed by atoms with Crippen LogP contribution >= 0.6 is 0 Å². The molecule has 0 saturated carbocycles. The number of carbonyl (C=O) groups is 1. The van der Waals surface area contributed by atoms with Crippen LogP contribution in [-0.2, 0) is 0 Å². The highest BCUT2D eigenvalue weighted by Crippen LogP contribution is 2.10. The molecule has 0 fully saturated rings. The largest absolute Gasteiger partial charge is 0.352 e. The Hall–Kier alpha value is -2.04. The summed E-state index contributed by atoms with van der Waals surface area (Å²) in [5.41, 5.74) is 1.65. The quantitative estimate of drug-likeness (QED) is 0.768. The molecule has 0 aliphatic heterocycles. The molecule has 0 aliphatic rings. The Balaban J connectivity index is 2.10. The SMILES string of the molecule is CC(C)CCNC(=O)c1ccc2[nH]c(=O)[nH]c2c1. The average Bonchev–Trinajstić information content (AvgIpc) is 2.67.